The summed E-state index contributed by atoms with van der Waals surface area (Å²) in [5.41, 5.74) is 0.839. The molecule has 0 aliphatic carbocycles. The SMILES string of the molecule is Cn1c(=O)n(CC(C)(C)CC(F)(F)F)c2ccc(-c3ccccc3C#N)nc21. The molecule has 3 aromatic rings. The van der Waals surface area contributed by atoms with Crippen LogP contribution in [0.15, 0.2) is 41.2 Å². The van der Waals surface area contributed by atoms with Crippen molar-refractivity contribution < 1.29 is 13.2 Å². The van der Waals surface area contributed by atoms with Gasteiger partial charge in [0, 0.05) is 19.2 Å². The molecule has 146 valence electrons. The maximum atomic E-state index is 12.9. The van der Waals surface area contributed by atoms with Crippen molar-refractivity contribution in [1.29, 1.82) is 5.26 Å². The van der Waals surface area contributed by atoms with Gasteiger partial charge in [-0.15, -0.1) is 0 Å². The van der Waals surface area contributed by atoms with Crippen LogP contribution in [0.1, 0.15) is 25.8 Å². The number of pyridine rings is 1. The molecule has 28 heavy (non-hydrogen) atoms. The van der Waals surface area contributed by atoms with Gasteiger partial charge in [0.2, 0.25) is 0 Å². The van der Waals surface area contributed by atoms with E-state index in [4.69, 9.17) is 0 Å². The largest absolute Gasteiger partial charge is 0.389 e. The van der Waals surface area contributed by atoms with E-state index in [2.05, 4.69) is 11.1 Å². The minimum atomic E-state index is -4.32. The maximum absolute atomic E-state index is 12.9. The molecule has 0 aliphatic rings. The van der Waals surface area contributed by atoms with E-state index in [0.717, 1.165) is 0 Å². The standard InChI is InChI=1S/C20H19F3N4O/c1-19(2,11-20(21,22)23)12-27-16-9-8-15(25-17(16)26(3)18(27)28)14-7-5-4-6-13(14)10-24/h4-9H,11-12H2,1-3H3. The van der Waals surface area contributed by atoms with Gasteiger partial charge in [-0.2, -0.15) is 18.4 Å². The predicted octanol–water partition coefficient (Wildman–Crippen LogP) is 4.25. The molecule has 0 radical (unpaired) electrons. The second-order valence-electron chi connectivity index (χ2n) is 7.58. The van der Waals surface area contributed by atoms with E-state index in [9.17, 15) is 23.2 Å². The Labute approximate surface area is 159 Å². The van der Waals surface area contributed by atoms with Gasteiger partial charge in [0.15, 0.2) is 5.65 Å². The number of alkyl halides is 3. The van der Waals surface area contributed by atoms with Crippen molar-refractivity contribution in [3.63, 3.8) is 0 Å². The van der Waals surface area contributed by atoms with Gasteiger partial charge in [-0.3, -0.25) is 9.13 Å². The van der Waals surface area contributed by atoms with Crippen molar-refractivity contribution in [3.05, 3.63) is 52.4 Å². The van der Waals surface area contributed by atoms with E-state index in [1.54, 1.807) is 36.4 Å². The Kier molecular flexibility index (Phi) is 4.79. The number of benzene rings is 1. The van der Waals surface area contributed by atoms with Crippen LogP contribution in [0.2, 0.25) is 0 Å². The Bertz CT molecular complexity index is 1130. The summed E-state index contributed by atoms with van der Waals surface area (Å²) in [4.78, 5) is 17.2. The number of fused-ring (bicyclic) bond motifs is 1. The number of imidazole rings is 1. The molecular formula is C20H19F3N4O. The van der Waals surface area contributed by atoms with Crippen molar-refractivity contribution in [3.8, 4) is 17.3 Å². The predicted molar refractivity (Wildman–Crippen MR) is 99.6 cm³/mol. The number of hydrogen-bond acceptors (Lipinski definition) is 3. The first kappa shape index (κ1) is 19.7. The molecule has 0 aliphatic heterocycles. The lowest BCUT2D eigenvalue weighted by Gasteiger charge is -2.26. The fourth-order valence-corrected chi connectivity index (χ4v) is 3.41. The lowest BCUT2D eigenvalue weighted by molar-refractivity contribution is -0.155. The summed E-state index contributed by atoms with van der Waals surface area (Å²) in [5, 5.41) is 9.29. The average Bonchev–Trinajstić information content (AvgIpc) is 2.84. The number of halogens is 3. The van der Waals surface area contributed by atoms with Crippen molar-refractivity contribution in [2.45, 2.75) is 33.0 Å². The van der Waals surface area contributed by atoms with Crippen molar-refractivity contribution >= 4 is 11.2 Å². The minimum Gasteiger partial charge on any atom is -0.290 e. The molecule has 0 saturated heterocycles. The molecular weight excluding hydrogens is 369 g/mol. The Morgan fingerprint density at radius 2 is 1.82 bits per heavy atom. The number of hydrogen-bond donors (Lipinski definition) is 0. The topological polar surface area (TPSA) is 63.6 Å². The minimum absolute atomic E-state index is 0.0848. The third-order valence-corrected chi connectivity index (χ3v) is 4.57. The molecule has 2 aromatic heterocycles. The van der Waals surface area contributed by atoms with Gasteiger partial charge in [0.25, 0.3) is 0 Å². The molecule has 0 amide bonds. The summed E-state index contributed by atoms with van der Waals surface area (Å²) in [6.07, 6.45) is -5.31. The van der Waals surface area contributed by atoms with Crippen molar-refractivity contribution in [2.24, 2.45) is 12.5 Å². The zero-order chi connectivity index (χ0) is 20.7. The molecule has 3 rings (SSSR count). The Morgan fingerprint density at radius 3 is 2.46 bits per heavy atom. The van der Waals surface area contributed by atoms with Crippen LogP contribution in [0, 0.1) is 16.7 Å². The lowest BCUT2D eigenvalue weighted by atomic mass is 9.89. The van der Waals surface area contributed by atoms with Crippen LogP contribution in [-0.4, -0.2) is 20.3 Å². The molecule has 1 aromatic carbocycles. The molecule has 0 atom stereocenters. The van der Waals surface area contributed by atoms with Crippen LogP contribution in [0.3, 0.4) is 0 Å². The fraction of sp³-hybridized carbons (Fsp3) is 0.350. The van der Waals surface area contributed by atoms with Crippen molar-refractivity contribution in [2.75, 3.05) is 0 Å². The maximum Gasteiger partial charge on any atom is 0.389 e. The summed E-state index contributed by atoms with van der Waals surface area (Å²) in [5.74, 6) is 0. The van der Waals surface area contributed by atoms with Gasteiger partial charge in [-0.1, -0.05) is 32.0 Å². The number of rotatable bonds is 4. The Morgan fingerprint density at radius 1 is 1.14 bits per heavy atom. The quantitative estimate of drug-likeness (QED) is 0.671. The average molecular weight is 388 g/mol. The third kappa shape index (κ3) is 3.79. The second-order valence-corrected chi connectivity index (χ2v) is 7.58. The molecule has 0 spiro atoms. The van der Waals surface area contributed by atoms with E-state index in [0.29, 0.717) is 28.0 Å². The molecule has 0 unspecified atom stereocenters. The highest BCUT2D eigenvalue weighted by Crippen LogP contribution is 2.34. The van der Waals surface area contributed by atoms with Crippen LogP contribution >= 0.6 is 0 Å². The van der Waals surface area contributed by atoms with Gasteiger partial charge in [-0.05, 0) is 23.6 Å². The first-order chi connectivity index (χ1) is 13.0. The first-order valence-corrected chi connectivity index (χ1v) is 8.65. The smallest absolute Gasteiger partial charge is 0.290 e. The highest BCUT2D eigenvalue weighted by Gasteiger charge is 2.37. The lowest BCUT2D eigenvalue weighted by Crippen LogP contribution is -2.32. The zero-order valence-corrected chi connectivity index (χ0v) is 15.7. The molecule has 5 nitrogen and oxygen atoms in total. The molecule has 0 fully saturated rings. The van der Waals surface area contributed by atoms with E-state index in [1.807, 2.05) is 0 Å². The first-order valence-electron chi connectivity index (χ1n) is 8.65. The second kappa shape index (κ2) is 6.82. The van der Waals surface area contributed by atoms with Crippen LogP contribution in [0.25, 0.3) is 22.4 Å². The number of nitriles is 1. The van der Waals surface area contributed by atoms with E-state index < -0.39 is 23.7 Å². The monoisotopic (exact) mass is 388 g/mol. The van der Waals surface area contributed by atoms with E-state index in [1.165, 1.54) is 30.0 Å². The number of nitrogens with zero attached hydrogens (tertiary/aromatic N) is 4. The molecule has 2 heterocycles. The van der Waals surface area contributed by atoms with E-state index in [-0.39, 0.29) is 6.54 Å². The van der Waals surface area contributed by atoms with Crippen molar-refractivity contribution in [1.82, 2.24) is 14.1 Å². The highest BCUT2D eigenvalue weighted by molar-refractivity contribution is 5.78. The summed E-state index contributed by atoms with van der Waals surface area (Å²) in [7, 11) is 1.53. The molecule has 0 bridgehead atoms. The number of aryl methyl sites for hydroxylation is 1. The summed E-state index contributed by atoms with van der Waals surface area (Å²) >= 11 is 0. The Balaban J connectivity index is 2.10. The van der Waals surface area contributed by atoms with Gasteiger partial charge in [0.1, 0.15) is 0 Å². The summed E-state index contributed by atoms with van der Waals surface area (Å²) in [6.45, 7) is 2.88. The summed E-state index contributed by atoms with van der Waals surface area (Å²) < 4.78 is 41.2. The molecule has 8 heteroatoms. The fourth-order valence-electron chi connectivity index (χ4n) is 3.41. The van der Waals surface area contributed by atoms with Gasteiger partial charge in [-0.25, -0.2) is 9.78 Å². The molecule has 0 saturated carbocycles. The van der Waals surface area contributed by atoms with Gasteiger partial charge < -0.3 is 0 Å². The Hall–Kier alpha value is -3.08. The number of aromatic nitrogens is 3. The normalized spacial score (nSPS) is 12.3. The van der Waals surface area contributed by atoms with Crippen LogP contribution in [0.5, 0.6) is 0 Å². The van der Waals surface area contributed by atoms with Gasteiger partial charge >= 0.3 is 11.9 Å². The van der Waals surface area contributed by atoms with Crippen LogP contribution < -0.4 is 5.69 Å². The zero-order valence-electron chi connectivity index (χ0n) is 15.7. The van der Waals surface area contributed by atoms with Gasteiger partial charge in [0.05, 0.1) is 29.3 Å². The molecule has 0 N–H and O–H groups in total. The van der Waals surface area contributed by atoms with Crippen LogP contribution in [0.4, 0.5) is 13.2 Å². The third-order valence-electron chi connectivity index (χ3n) is 4.57. The highest BCUT2D eigenvalue weighted by atomic mass is 19.4. The summed E-state index contributed by atoms with van der Waals surface area (Å²) in [6, 6.07) is 12.4. The van der Waals surface area contributed by atoms with E-state index >= 15 is 0 Å². The van der Waals surface area contributed by atoms with Crippen LogP contribution in [-0.2, 0) is 13.6 Å².